The summed E-state index contributed by atoms with van der Waals surface area (Å²) in [7, 11) is 0. The molecule has 1 aliphatic rings. The molecule has 0 saturated carbocycles. The van der Waals surface area contributed by atoms with Gasteiger partial charge in [0.25, 0.3) is 0 Å². The van der Waals surface area contributed by atoms with Crippen molar-refractivity contribution in [1.29, 1.82) is 0 Å². The van der Waals surface area contributed by atoms with E-state index in [1.54, 1.807) is 4.52 Å². The highest BCUT2D eigenvalue weighted by atomic mass is 15.3. The van der Waals surface area contributed by atoms with Crippen molar-refractivity contribution in [1.82, 2.24) is 19.5 Å². The molecule has 26 heavy (non-hydrogen) atoms. The molecule has 0 spiro atoms. The Morgan fingerprint density at radius 3 is 2.85 bits per heavy atom. The van der Waals surface area contributed by atoms with E-state index in [1.165, 1.54) is 18.4 Å². The number of rotatable bonds is 4. The number of hydrogen-bond acceptors (Lipinski definition) is 4. The van der Waals surface area contributed by atoms with E-state index in [0.717, 1.165) is 36.7 Å². The van der Waals surface area contributed by atoms with Crippen LogP contribution in [0.2, 0.25) is 0 Å². The van der Waals surface area contributed by atoms with Crippen LogP contribution >= 0.6 is 0 Å². The second-order valence-corrected chi connectivity index (χ2v) is 7.57. The molecule has 2 N–H and O–H groups in total. The average Bonchev–Trinajstić information content (AvgIpc) is 3.03. The van der Waals surface area contributed by atoms with Gasteiger partial charge < -0.3 is 10.6 Å². The Balaban J connectivity index is 1.50. The Bertz CT molecular complexity index is 886. The van der Waals surface area contributed by atoms with Crippen molar-refractivity contribution in [2.45, 2.75) is 38.5 Å². The van der Waals surface area contributed by atoms with Crippen molar-refractivity contribution < 1.29 is 0 Å². The first-order valence-electron chi connectivity index (χ1n) is 9.50. The molecule has 2 atom stereocenters. The van der Waals surface area contributed by atoms with Crippen LogP contribution in [-0.4, -0.2) is 39.1 Å². The summed E-state index contributed by atoms with van der Waals surface area (Å²) in [5, 5.41) is 4.41. The van der Waals surface area contributed by atoms with Crippen LogP contribution in [0.3, 0.4) is 0 Å². The topological polar surface area (TPSA) is 59.5 Å². The van der Waals surface area contributed by atoms with Crippen LogP contribution in [0.1, 0.15) is 48.6 Å². The summed E-state index contributed by atoms with van der Waals surface area (Å²) in [5.41, 5.74) is 10.5. The highest BCUT2D eigenvalue weighted by Crippen LogP contribution is 2.29. The van der Waals surface area contributed by atoms with Crippen LogP contribution in [0.5, 0.6) is 0 Å². The first-order valence-corrected chi connectivity index (χ1v) is 9.50. The third-order valence-corrected chi connectivity index (χ3v) is 5.42. The SMILES string of the molecule is Cc1cc2nc(C3CCCN(CC(C)c4ccccc4)C3)cc(N)n2n1. The molecule has 2 aromatic heterocycles. The van der Waals surface area contributed by atoms with Crippen LogP contribution in [0.15, 0.2) is 42.5 Å². The lowest BCUT2D eigenvalue weighted by atomic mass is 9.92. The summed E-state index contributed by atoms with van der Waals surface area (Å²) in [6.45, 7) is 7.59. The van der Waals surface area contributed by atoms with E-state index in [-0.39, 0.29) is 0 Å². The van der Waals surface area contributed by atoms with Gasteiger partial charge in [-0.25, -0.2) is 4.98 Å². The Kier molecular flexibility index (Phi) is 4.64. The molecule has 0 radical (unpaired) electrons. The van der Waals surface area contributed by atoms with E-state index in [0.29, 0.717) is 17.7 Å². The van der Waals surface area contributed by atoms with Gasteiger partial charge in [0.1, 0.15) is 5.82 Å². The molecule has 136 valence electrons. The quantitative estimate of drug-likeness (QED) is 0.782. The fourth-order valence-electron chi connectivity index (χ4n) is 4.08. The van der Waals surface area contributed by atoms with Gasteiger partial charge >= 0.3 is 0 Å². The number of nitrogen functional groups attached to an aromatic ring is 1. The second kappa shape index (κ2) is 7.08. The largest absolute Gasteiger partial charge is 0.384 e. The summed E-state index contributed by atoms with van der Waals surface area (Å²) in [5.74, 6) is 1.65. The number of aryl methyl sites for hydroxylation is 1. The van der Waals surface area contributed by atoms with Crippen molar-refractivity contribution >= 4 is 11.5 Å². The number of fused-ring (bicyclic) bond motifs is 1. The molecule has 1 fully saturated rings. The molecular formula is C21H27N5. The van der Waals surface area contributed by atoms with Gasteiger partial charge in [0, 0.05) is 31.1 Å². The molecule has 0 bridgehead atoms. The maximum atomic E-state index is 6.22. The Hall–Kier alpha value is -2.40. The van der Waals surface area contributed by atoms with Crippen LogP contribution in [-0.2, 0) is 0 Å². The van der Waals surface area contributed by atoms with Gasteiger partial charge in [-0.1, -0.05) is 37.3 Å². The van der Waals surface area contributed by atoms with Gasteiger partial charge in [0.15, 0.2) is 5.65 Å². The minimum Gasteiger partial charge on any atom is -0.384 e. The van der Waals surface area contributed by atoms with Gasteiger partial charge in [-0.05, 0) is 37.8 Å². The van der Waals surface area contributed by atoms with Crippen LogP contribution in [0.4, 0.5) is 5.82 Å². The number of likely N-dealkylation sites (tertiary alicyclic amines) is 1. The first kappa shape index (κ1) is 17.0. The monoisotopic (exact) mass is 349 g/mol. The van der Waals surface area contributed by atoms with E-state index in [9.17, 15) is 0 Å². The smallest absolute Gasteiger partial charge is 0.157 e. The fourth-order valence-corrected chi connectivity index (χ4v) is 4.08. The molecule has 1 aromatic carbocycles. The predicted octanol–water partition coefficient (Wildman–Crippen LogP) is 3.60. The zero-order valence-corrected chi connectivity index (χ0v) is 15.6. The van der Waals surface area contributed by atoms with E-state index in [4.69, 9.17) is 10.7 Å². The number of hydrogen-bond donors (Lipinski definition) is 1. The number of benzene rings is 1. The van der Waals surface area contributed by atoms with Crippen molar-refractivity contribution in [3.05, 3.63) is 59.4 Å². The number of piperidine rings is 1. The number of anilines is 1. The average molecular weight is 349 g/mol. The number of nitrogens with two attached hydrogens (primary N) is 1. The molecule has 0 amide bonds. The minimum absolute atomic E-state index is 0.439. The predicted molar refractivity (Wildman–Crippen MR) is 105 cm³/mol. The summed E-state index contributed by atoms with van der Waals surface area (Å²) in [6.07, 6.45) is 2.38. The number of aromatic nitrogens is 3. The van der Waals surface area contributed by atoms with Gasteiger partial charge in [0.05, 0.1) is 11.4 Å². The molecule has 3 heterocycles. The summed E-state index contributed by atoms with van der Waals surface area (Å²) < 4.78 is 1.73. The minimum atomic E-state index is 0.439. The Labute approximate surface area is 154 Å². The molecule has 1 aliphatic heterocycles. The Morgan fingerprint density at radius 2 is 2.04 bits per heavy atom. The molecule has 3 aromatic rings. The maximum absolute atomic E-state index is 6.22. The standard InChI is InChI=1S/C21H27N5/c1-15(17-7-4-3-5-8-17)13-25-10-6-9-18(14-25)19-12-20(22)26-21(23-19)11-16(2)24-26/h3-5,7-8,11-12,15,18H,6,9-10,13-14,22H2,1-2H3. The van der Waals surface area contributed by atoms with Crippen LogP contribution in [0, 0.1) is 6.92 Å². The summed E-state index contributed by atoms with van der Waals surface area (Å²) in [4.78, 5) is 7.43. The van der Waals surface area contributed by atoms with E-state index in [1.807, 2.05) is 19.1 Å². The van der Waals surface area contributed by atoms with Crippen molar-refractivity contribution in [3.8, 4) is 0 Å². The lowest BCUT2D eigenvalue weighted by molar-refractivity contribution is 0.197. The Morgan fingerprint density at radius 1 is 1.23 bits per heavy atom. The van der Waals surface area contributed by atoms with Crippen LogP contribution in [0.25, 0.3) is 5.65 Å². The molecule has 4 rings (SSSR count). The van der Waals surface area contributed by atoms with Gasteiger partial charge in [0.2, 0.25) is 0 Å². The second-order valence-electron chi connectivity index (χ2n) is 7.57. The van der Waals surface area contributed by atoms with E-state index < -0.39 is 0 Å². The molecule has 0 aliphatic carbocycles. The van der Waals surface area contributed by atoms with Crippen molar-refractivity contribution in [2.24, 2.45) is 0 Å². The third-order valence-electron chi connectivity index (χ3n) is 5.42. The van der Waals surface area contributed by atoms with Gasteiger partial charge in [-0.15, -0.1) is 0 Å². The van der Waals surface area contributed by atoms with Crippen LogP contribution < -0.4 is 5.73 Å². The number of nitrogens with zero attached hydrogens (tertiary/aromatic N) is 4. The lowest BCUT2D eigenvalue weighted by Gasteiger charge is -2.34. The molecule has 5 heteroatoms. The highest BCUT2D eigenvalue weighted by molar-refractivity contribution is 5.48. The normalized spacial score (nSPS) is 19.7. The van der Waals surface area contributed by atoms with E-state index in [2.05, 4.69) is 47.3 Å². The summed E-state index contributed by atoms with van der Waals surface area (Å²) >= 11 is 0. The first-order chi connectivity index (χ1) is 12.6. The van der Waals surface area contributed by atoms with Gasteiger partial charge in [-0.2, -0.15) is 9.61 Å². The van der Waals surface area contributed by atoms with Crippen molar-refractivity contribution in [2.75, 3.05) is 25.4 Å². The molecular weight excluding hydrogens is 322 g/mol. The highest BCUT2D eigenvalue weighted by Gasteiger charge is 2.24. The van der Waals surface area contributed by atoms with Gasteiger partial charge in [-0.3, -0.25) is 0 Å². The van der Waals surface area contributed by atoms with Crippen molar-refractivity contribution in [3.63, 3.8) is 0 Å². The van der Waals surface area contributed by atoms with E-state index >= 15 is 0 Å². The molecule has 2 unspecified atom stereocenters. The summed E-state index contributed by atoms with van der Waals surface area (Å²) in [6, 6.07) is 14.8. The fraction of sp³-hybridized carbons (Fsp3) is 0.429. The third kappa shape index (κ3) is 3.44. The maximum Gasteiger partial charge on any atom is 0.157 e. The molecule has 1 saturated heterocycles. The molecule has 5 nitrogen and oxygen atoms in total. The lowest BCUT2D eigenvalue weighted by Crippen LogP contribution is -2.37. The zero-order chi connectivity index (χ0) is 18.1. The zero-order valence-electron chi connectivity index (χ0n) is 15.6.